The Morgan fingerprint density at radius 2 is 1.81 bits per heavy atom. The van der Waals surface area contributed by atoms with Crippen LogP contribution in [-0.4, -0.2) is 31.7 Å². The number of aromatic amines is 1. The molecule has 0 atom stereocenters. The molecule has 9 nitrogen and oxygen atoms in total. The largest absolute Gasteiger partial charge is 0.505 e. The van der Waals surface area contributed by atoms with E-state index in [-0.39, 0.29) is 47.6 Å². The Labute approximate surface area is 175 Å². The molecule has 31 heavy (non-hydrogen) atoms. The molecule has 3 aromatic rings. The number of halogens is 1. The van der Waals surface area contributed by atoms with Gasteiger partial charge in [0.25, 0.3) is 5.56 Å². The van der Waals surface area contributed by atoms with E-state index in [9.17, 15) is 23.9 Å². The van der Waals surface area contributed by atoms with Crippen LogP contribution >= 0.6 is 0 Å². The first-order valence-electron chi connectivity index (χ1n) is 9.33. The van der Waals surface area contributed by atoms with E-state index in [1.165, 1.54) is 28.9 Å². The normalized spacial score (nSPS) is 11.2. The quantitative estimate of drug-likeness (QED) is 0.371. The lowest BCUT2D eigenvalue weighted by Gasteiger charge is -2.07. The van der Waals surface area contributed by atoms with Crippen LogP contribution in [0.4, 0.5) is 15.8 Å². The van der Waals surface area contributed by atoms with Gasteiger partial charge in [0.1, 0.15) is 11.5 Å². The number of aliphatic carboxylic acids is 1. The highest BCUT2D eigenvalue weighted by Gasteiger charge is 2.15. The topological polar surface area (TPSA) is 137 Å². The Hall–Kier alpha value is -4.08. The van der Waals surface area contributed by atoms with Crippen molar-refractivity contribution in [2.45, 2.75) is 26.3 Å². The molecule has 1 aromatic heterocycles. The lowest BCUT2D eigenvalue weighted by molar-refractivity contribution is -0.149. The molecule has 0 fully saturated rings. The van der Waals surface area contributed by atoms with Crippen molar-refractivity contribution in [3.63, 3.8) is 0 Å². The maximum atomic E-state index is 14.1. The lowest BCUT2D eigenvalue weighted by Crippen LogP contribution is -2.18. The maximum Gasteiger partial charge on any atom is 0.372 e. The Balaban J connectivity index is 1.83. The minimum Gasteiger partial charge on any atom is -0.505 e. The van der Waals surface area contributed by atoms with Crippen LogP contribution in [0.25, 0.3) is 11.1 Å². The van der Waals surface area contributed by atoms with Gasteiger partial charge in [-0.1, -0.05) is 30.3 Å². The van der Waals surface area contributed by atoms with Crippen molar-refractivity contribution < 1.29 is 24.2 Å². The number of carbonyl (C=O) groups is 2. The van der Waals surface area contributed by atoms with Crippen molar-refractivity contribution in [2.24, 2.45) is 10.2 Å². The number of aryl methyl sites for hydroxylation is 2. The fraction of sp³-hybridized carbons (Fsp3) is 0.190. The summed E-state index contributed by atoms with van der Waals surface area (Å²) in [5.41, 5.74) is 0.394. The average molecular weight is 426 g/mol. The van der Waals surface area contributed by atoms with E-state index in [1.54, 1.807) is 25.1 Å². The lowest BCUT2D eigenvalue weighted by atomic mass is 10.0. The molecule has 0 radical (unpaired) electrons. The first-order chi connectivity index (χ1) is 14.8. The van der Waals surface area contributed by atoms with Crippen LogP contribution in [0.15, 0.2) is 57.5 Å². The number of hydrogen-bond donors (Lipinski definition) is 3. The van der Waals surface area contributed by atoms with Gasteiger partial charge in [0, 0.05) is 24.1 Å². The van der Waals surface area contributed by atoms with Gasteiger partial charge in [0.2, 0.25) is 5.78 Å². The summed E-state index contributed by atoms with van der Waals surface area (Å²) < 4.78 is 15.3. The molecule has 0 amide bonds. The number of phenolic OH excluding ortho intramolecular Hbond substituents is 1. The van der Waals surface area contributed by atoms with Crippen molar-refractivity contribution in [1.29, 1.82) is 0 Å². The number of nitrogens with zero attached hydrogens (tertiary/aromatic N) is 3. The fourth-order valence-corrected chi connectivity index (χ4v) is 2.99. The van der Waals surface area contributed by atoms with Gasteiger partial charge in [-0.3, -0.25) is 19.4 Å². The van der Waals surface area contributed by atoms with E-state index < -0.39 is 23.1 Å². The number of phenols is 1. The number of ketones is 1. The Morgan fingerprint density at radius 3 is 2.52 bits per heavy atom. The van der Waals surface area contributed by atoms with Crippen molar-refractivity contribution in [1.82, 2.24) is 9.78 Å². The monoisotopic (exact) mass is 426 g/mol. The third kappa shape index (κ3) is 4.74. The molecule has 0 aliphatic heterocycles. The molecule has 0 aliphatic rings. The molecule has 0 bridgehead atoms. The second kappa shape index (κ2) is 9.16. The zero-order chi connectivity index (χ0) is 22.5. The summed E-state index contributed by atoms with van der Waals surface area (Å²) in [4.78, 5) is 34.2. The van der Waals surface area contributed by atoms with Crippen LogP contribution < -0.4 is 5.56 Å². The van der Waals surface area contributed by atoms with Gasteiger partial charge in [-0.05, 0) is 25.5 Å². The summed E-state index contributed by atoms with van der Waals surface area (Å²) in [6, 6.07) is 10.6. The van der Waals surface area contributed by atoms with E-state index in [0.29, 0.717) is 5.69 Å². The van der Waals surface area contributed by atoms with E-state index in [0.717, 1.165) is 0 Å². The van der Waals surface area contributed by atoms with Gasteiger partial charge in [-0.25, -0.2) is 9.18 Å². The van der Waals surface area contributed by atoms with Crippen LogP contribution in [-0.2, 0) is 16.1 Å². The number of H-pyrrole nitrogens is 1. The van der Waals surface area contributed by atoms with Crippen LogP contribution in [0.5, 0.6) is 5.75 Å². The first kappa shape index (κ1) is 21.6. The third-order valence-corrected chi connectivity index (χ3v) is 4.57. The van der Waals surface area contributed by atoms with Gasteiger partial charge in [-0.2, -0.15) is 0 Å². The molecule has 1 heterocycles. The van der Waals surface area contributed by atoms with Crippen molar-refractivity contribution >= 4 is 23.1 Å². The zero-order valence-corrected chi connectivity index (χ0v) is 16.5. The Bertz CT molecular complexity index is 1230. The van der Waals surface area contributed by atoms with Crippen molar-refractivity contribution in [3.8, 4) is 16.9 Å². The Morgan fingerprint density at radius 1 is 1.10 bits per heavy atom. The number of para-hydroxylation sites is 1. The highest BCUT2D eigenvalue weighted by Crippen LogP contribution is 2.38. The molecule has 10 heteroatoms. The summed E-state index contributed by atoms with van der Waals surface area (Å²) in [6.07, 6.45) is -0.0412. The van der Waals surface area contributed by atoms with Crippen LogP contribution in [0.3, 0.4) is 0 Å². The van der Waals surface area contributed by atoms with E-state index in [4.69, 9.17) is 5.11 Å². The maximum absolute atomic E-state index is 14.1. The predicted molar refractivity (Wildman–Crippen MR) is 109 cm³/mol. The smallest absolute Gasteiger partial charge is 0.372 e. The second-order valence-electron chi connectivity index (χ2n) is 6.73. The van der Waals surface area contributed by atoms with Crippen molar-refractivity contribution in [2.75, 3.05) is 0 Å². The summed E-state index contributed by atoms with van der Waals surface area (Å²) in [6.45, 7) is 1.70. The molecule has 2 aromatic carbocycles. The second-order valence-corrected chi connectivity index (χ2v) is 6.73. The molecule has 3 rings (SSSR count). The number of aromatic hydroxyl groups is 1. The number of nitrogens with one attached hydrogen (secondary N) is 1. The number of carboxylic acid groups (broad SMARTS) is 1. The highest BCUT2D eigenvalue weighted by molar-refractivity contribution is 6.32. The number of carbonyl (C=O) groups excluding carboxylic acids is 1. The van der Waals surface area contributed by atoms with Gasteiger partial charge in [-0.15, -0.1) is 10.2 Å². The van der Waals surface area contributed by atoms with Gasteiger partial charge >= 0.3 is 5.97 Å². The number of rotatable bonds is 8. The van der Waals surface area contributed by atoms with E-state index in [1.807, 2.05) is 0 Å². The van der Waals surface area contributed by atoms with Gasteiger partial charge in [0.05, 0.1) is 5.69 Å². The summed E-state index contributed by atoms with van der Waals surface area (Å²) >= 11 is 0. The molecule has 0 saturated carbocycles. The fourth-order valence-electron chi connectivity index (χ4n) is 2.99. The molecule has 160 valence electrons. The van der Waals surface area contributed by atoms with Crippen LogP contribution in [0.1, 0.15) is 18.5 Å². The van der Waals surface area contributed by atoms with E-state index in [2.05, 4.69) is 15.3 Å². The van der Waals surface area contributed by atoms with Gasteiger partial charge < -0.3 is 10.2 Å². The molecular weight excluding hydrogens is 407 g/mol. The van der Waals surface area contributed by atoms with Crippen LogP contribution in [0.2, 0.25) is 0 Å². The molecule has 0 aliphatic carbocycles. The van der Waals surface area contributed by atoms with Crippen molar-refractivity contribution in [3.05, 3.63) is 64.3 Å². The molecule has 0 unspecified atom stereocenters. The molecular formula is C21H19FN4O5. The number of hydrogen-bond acceptors (Lipinski definition) is 6. The summed E-state index contributed by atoms with van der Waals surface area (Å²) in [7, 11) is 0. The average Bonchev–Trinajstić information content (AvgIpc) is 3.00. The zero-order valence-electron chi connectivity index (χ0n) is 16.5. The highest BCUT2D eigenvalue weighted by atomic mass is 19.1. The predicted octanol–water partition coefficient (Wildman–Crippen LogP) is 3.85. The number of benzene rings is 2. The summed E-state index contributed by atoms with van der Waals surface area (Å²) in [5.74, 6) is -3.22. The van der Waals surface area contributed by atoms with Crippen LogP contribution in [0, 0.1) is 12.7 Å². The Kier molecular flexibility index (Phi) is 6.39. The molecule has 0 spiro atoms. The number of carboxylic acids is 1. The SMILES string of the molecule is Cc1[nH]n(CCCC(=O)C(=O)O)c(=O)c1N=Nc1cccc(-c2ccccc2F)c1O. The standard InChI is InChI=1S/C21H19FN4O5/c1-12-18(20(29)26(25-12)11-5-10-17(27)21(30)31)24-23-16-9-4-7-14(19(16)28)13-6-2-3-8-15(13)22/h2-4,6-9,25,28H,5,10-11H2,1H3,(H,30,31). The minimum absolute atomic E-state index is 0.000237. The van der Waals surface area contributed by atoms with E-state index >= 15 is 0 Å². The summed E-state index contributed by atoms with van der Waals surface area (Å²) in [5, 5.41) is 29.8. The number of azo groups is 1. The van der Waals surface area contributed by atoms with Gasteiger partial charge in [0.15, 0.2) is 11.4 Å². The number of Topliss-reactive ketones (excluding diaryl/α,β-unsaturated/α-hetero) is 1. The minimum atomic E-state index is -1.51. The number of aromatic nitrogens is 2. The third-order valence-electron chi connectivity index (χ3n) is 4.57. The first-order valence-corrected chi connectivity index (χ1v) is 9.33. The molecule has 0 saturated heterocycles. The molecule has 3 N–H and O–H groups in total.